The highest BCUT2D eigenvalue weighted by molar-refractivity contribution is 9.10. The first-order chi connectivity index (χ1) is 19.9. The van der Waals surface area contributed by atoms with Crippen LogP contribution in [0.1, 0.15) is 54.0 Å². The summed E-state index contributed by atoms with van der Waals surface area (Å²) in [5.74, 6) is -1.13. The monoisotopic (exact) mass is 634 g/mol. The zero-order chi connectivity index (χ0) is 30.6. The third-order valence-electron chi connectivity index (χ3n) is 7.31. The molecule has 0 fully saturated rings. The van der Waals surface area contributed by atoms with E-state index in [1.165, 1.54) is 17.0 Å². The van der Waals surface area contributed by atoms with E-state index in [0.29, 0.717) is 33.1 Å². The van der Waals surface area contributed by atoms with Crippen LogP contribution in [0.2, 0.25) is 0 Å². The van der Waals surface area contributed by atoms with Crippen molar-refractivity contribution in [2.75, 3.05) is 12.4 Å². The number of aliphatic carboxylic acids is 1. The molecule has 0 aliphatic rings. The summed E-state index contributed by atoms with van der Waals surface area (Å²) in [5, 5.41) is 24.9. The molecule has 1 unspecified atom stereocenters. The van der Waals surface area contributed by atoms with E-state index in [9.17, 15) is 24.5 Å². The molecule has 0 aliphatic carbocycles. The molecule has 0 saturated heterocycles. The van der Waals surface area contributed by atoms with Gasteiger partial charge in [-0.1, -0.05) is 47.1 Å². The highest BCUT2D eigenvalue weighted by Crippen LogP contribution is 2.31. The van der Waals surface area contributed by atoms with Crippen molar-refractivity contribution in [3.63, 3.8) is 0 Å². The van der Waals surface area contributed by atoms with Crippen LogP contribution in [0, 0.1) is 17.0 Å². The Morgan fingerprint density at radius 1 is 1.12 bits per heavy atom. The molecule has 0 aliphatic heterocycles. The number of nitrogens with one attached hydrogen (secondary N) is 2. The SMILES string of the molecule is Cc1cc(C(Nc2ccc3cc[nH]c(=O)c3c2)C(=O)N(C)Cc2cc([N+](=O)[O-])ccc2Br)ccc1[C@@H](C)CCC(=O)O. The molecule has 1 aromatic heterocycles. The van der Waals surface area contributed by atoms with E-state index in [0.717, 1.165) is 16.5 Å². The molecule has 0 spiro atoms. The number of nitrogens with zero attached hydrogens (tertiary/aromatic N) is 2. The number of nitro groups is 1. The van der Waals surface area contributed by atoms with Crippen molar-refractivity contribution in [2.45, 2.75) is 45.2 Å². The second kappa shape index (κ2) is 13.0. The number of nitro benzene ring substituents is 1. The molecule has 218 valence electrons. The van der Waals surface area contributed by atoms with Gasteiger partial charge in [0.1, 0.15) is 6.04 Å². The van der Waals surface area contributed by atoms with Gasteiger partial charge in [-0.25, -0.2) is 0 Å². The summed E-state index contributed by atoms with van der Waals surface area (Å²) in [4.78, 5) is 52.5. The largest absolute Gasteiger partial charge is 0.481 e. The second-order valence-corrected chi connectivity index (χ2v) is 11.2. The quantitative estimate of drug-likeness (QED) is 0.130. The number of aromatic amines is 1. The highest BCUT2D eigenvalue weighted by Gasteiger charge is 2.26. The molecule has 3 N–H and O–H groups in total. The van der Waals surface area contributed by atoms with Crippen molar-refractivity contribution in [2.24, 2.45) is 0 Å². The molecule has 0 radical (unpaired) electrons. The minimum absolute atomic E-state index is 0.0124. The molecule has 11 heteroatoms. The molecule has 0 bridgehead atoms. The van der Waals surface area contributed by atoms with E-state index >= 15 is 0 Å². The van der Waals surface area contributed by atoms with Crippen LogP contribution in [0.25, 0.3) is 10.8 Å². The molecule has 1 heterocycles. The Bertz CT molecular complexity index is 1720. The van der Waals surface area contributed by atoms with E-state index in [1.807, 2.05) is 32.0 Å². The Kier molecular flexibility index (Phi) is 9.41. The van der Waals surface area contributed by atoms with E-state index in [-0.39, 0.29) is 36.0 Å². The number of aryl methyl sites for hydroxylation is 1. The predicted molar refractivity (Wildman–Crippen MR) is 165 cm³/mol. The number of H-pyrrole nitrogens is 1. The lowest BCUT2D eigenvalue weighted by Gasteiger charge is -2.27. The molecule has 42 heavy (non-hydrogen) atoms. The topological polar surface area (TPSA) is 146 Å². The standard InChI is InChI=1S/C31H31BrN4O6/c1-18(4-11-28(37)38)25-9-6-21(14-19(25)2)29(34-23-7-5-20-12-13-33-30(39)26(20)16-23)31(40)35(3)17-22-15-24(36(41)42)8-10-27(22)32/h5-10,12-16,18,29,34H,4,11,17H2,1-3H3,(H,33,39)(H,37,38)/t18-,29?/m0/s1. The summed E-state index contributed by atoms with van der Waals surface area (Å²) in [6.45, 7) is 4.01. The minimum atomic E-state index is -0.852. The Morgan fingerprint density at radius 3 is 2.57 bits per heavy atom. The summed E-state index contributed by atoms with van der Waals surface area (Å²) >= 11 is 3.43. The average molecular weight is 636 g/mol. The summed E-state index contributed by atoms with van der Waals surface area (Å²) in [5.41, 5.74) is 3.42. The molecule has 1 amide bonds. The van der Waals surface area contributed by atoms with E-state index < -0.39 is 16.9 Å². The van der Waals surface area contributed by atoms with Gasteiger partial charge in [-0.15, -0.1) is 0 Å². The lowest BCUT2D eigenvalue weighted by atomic mass is 9.90. The Morgan fingerprint density at radius 2 is 1.88 bits per heavy atom. The number of carboxylic acids is 1. The molecular weight excluding hydrogens is 604 g/mol. The number of halogens is 1. The Hall–Kier alpha value is -4.51. The van der Waals surface area contributed by atoms with Crippen molar-refractivity contribution in [1.82, 2.24) is 9.88 Å². The Labute approximate surface area is 250 Å². The van der Waals surface area contributed by atoms with E-state index in [2.05, 4.69) is 26.2 Å². The van der Waals surface area contributed by atoms with Crippen molar-refractivity contribution in [3.8, 4) is 0 Å². The maximum Gasteiger partial charge on any atom is 0.303 e. The fourth-order valence-electron chi connectivity index (χ4n) is 5.00. The number of pyridine rings is 1. The van der Waals surface area contributed by atoms with Gasteiger partial charge < -0.3 is 20.3 Å². The number of carboxylic acid groups (broad SMARTS) is 1. The summed E-state index contributed by atoms with van der Waals surface area (Å²) in [6, 6.07) is 16.3. The third-order valence-corrected chi connectivity index (χ3v) is 8.08. The molecule has 2 atom stereocenters. The number of aromatic nitrogens is 1. The zero-order valence-electron chi connectivity index (χ0n) is 23.4. The van der Waals surface area contributed by atoms with Crippen LogP contribution in [0.5, 0.6) is 0 Å². The molecular formula is C31H31BrN4O6. The van der Waals surface area contributed by atoms with Crippen LogP contribution >= 0.6 is 15.9 Å². The van der Waals surface area contributed by atoms with Gasteiger partial charge in [0, 0.05) is 53.9 Å². The summed E-state index contributed by atoms with van der Waals surface area (Å²) in [6.07, 6.45) is 2.12. The number of non-ortho nitro benzene ring substituents is 1. The number of likely N-dealkylation sites (N-methyl/N-ethyl adjacent to an activating group) is 1. The lowest BCUT2D eigenvalue weighted by Crippen LogP contribution is -2.35. The van der Waals surface area contributed by atoms with Crippen molar-refractivity contribution >= 4 is 50.0 Å². The summed E-state index contributed by atoms with van der Waals surface area (Å²) in [7, 11) is 1.63. The number of hydrogen-bond donors (Lipinski definition) is 3. The molecule has 0 saturated carbocycles. The first kappa shape index (κ1) is 30.4. The van der Waals surface area contributed by atoms with Crippen LogP contribution in [-0.2, 0) is 16.1 Å². The molecule has 3 aromatic carbocycles. The van der Waals surface area contributed by atoms with Crippen LogP contribution in [0.15, 0.2) is 76.1 Å². The maximum absolute atomic E-state index is 14.0. The number of hydrogen-bond acceptors (Lipinski definition) is 6. The summed E-state index contributed by atoms with van der Waals surface area (Å²) < 4.78 is 0.640. The smallest absolute Gasteiger partial charge is 0.303 e. The number of rotatable bonds is 11. The highest BCUT2D eigenvalue weighted by atomic mass is 79.9. The first-order valence-corrected chi connectivity index (χ1v) is 14.1. The number of amides is 1. The van der Waals surface area contributed by atoms with Crippen LogP contribution in [0.4, 0.5) is 11.4 Å². The predicted octanol–water partition coefficient (Wildman–Crippen LogP) is 6.29. The van der Waals surface area contributed by atoms with Crippen molar-refractivity contribution < 1.29 is 19.6 Å². The minimum Gasteiger partial charge on any atom is -0.481 e. The van der Waals surface area contributed by atoms with E-state index in [1.54, 1.807) is 43.6 Å². The van der Waals surface area contributed by atoms with Gasteiger partial charge >= 0.3 is 5.97 Å². The molecule has 10 nitrogen and oxygen atoms in total. The van der Waals surface area contributed by atoms with Crippen LogP contribution in [0.3, 0.4) is 0 Å². The fourth-order valence-corrected chi connectivity index (χ4v) is 5.38. The maximum atomic E-state index is 14.0. The number of anilines is 1. The number of benzene rings is 3. The third kappa shape index (κ3) is 7.03. The van der Waals surface area contributed by atoms with Gasteiger partial charge in [-0.05, 0) is 71.2 Å². The number of fused-ring (bicyclic) bond motifs is 1. The lowest BCUT2D eigenvalue weighted by molar-refractivity contribution is -0.384. The Balaban J connectivity index is 1.69. The van der Waals surface area contributed by atoms with Crippen molar-refractivity contribution in [3.05, 3.63) is 114 Å². The van der Waals surface area contributed by atoms with E-state index in [4.69, 9.17) is 5.11 Å². The fraction of sp³-hybridized carbons (Fsp3) is 0.258. The van der Waals surface area contributed by atoms with Gasteiger partial charge in [-0.2, -0.15) is 0 Å². The van der Waals surface area contributed by atoms with Crippen molar-refractivity contribution in [1.29, 1.82) is 0 Å². The van der Waals surface area contributed by atoms with Gasteiger partial charge in [0.05, 0.1) is 4.92 Å². The van der Waals surface area contributed by atoms with Crippen LogP contribution < -0.4 is 10.9 Å². The number of carbonyl (C=O) groups excluding carboxylic acids is 1. The van der Waals surface area contributed by atoms with Gasteiger partial charge in [-0.3, -0.25) is 24.5 Å². The zero-order valence-corrected chi connectivity index (χ0v) is 25.0. The first-order valence-electron chi connectivity index (χ1n) is 13.3. The molecule has 4 rings (SSSR count). The van der Waals surface area contributed by atoms with Gasteiger partial charge in [0.2, 0.25) is 5.91 Å². The van der Waals surface area contributed by atoms with Gasteiger partial charge in [0.15, 0.2) is 0 Å². The average Bonchev–Trinajstić information content (AvgIpc) is 2.95. The number of carbonyl (C=O) groups is 2. The van der Waals surface area contributed by atoms with Gasteiger partial charge in [0.25, 0.3) is 11.2 Å². The molecule has 4 aromatic rings. The second-order valence-electron chi connectivity index (χ2n) is 10.4. The van der Waals surface area contributed by atoms with Crippen LogP contribution in [-0.4, -0.2) is 38.8 Å². The normalized spacial score (nSPS) is 12.5.